The van der Waals surface area contributed by atoms with Crippen molar-refractivity contribution in [1.82, 2.24) is 9.97 Å². The Balaban J connectivity index is 1.88. The van der Waals surface area contributed by atoms with Crippen molar-refractivity contribution < 1.29 is 9.47 Å². The van der Waals surface area contributed by atoms with Crippen LogP contribution in [0, 0.1) is 19.8 Å². The third-order valence-corrected chi connectivity index (χ3v) is 6.71. The van der Waals surface area contributed by atoms with Crippen LogP contribution in [-0.2, 0) is 0 Å². The highest BCUT2D eigenvalue weighted by Gasteiger charge is 2.21. The second-order valence-corrected chi connectivity index (χ2v) is 9.85. The zero-order chi connectivity index (χ0) is 26.0. The molecule has 2 aromatic heterocycles. The van der Waals surface area contributed by atoms with Crippen molar-refractivity contribution in [2.75, 3.05) is 31.4 Å². The standard InChI is InChI=1S/C28H30Cl2N4O2/c1-15(2)13-32-28-19-11-23(34-27-16(3)8-7-9-17(27)4)31-14-18(19)10-20(33-28)24-25(29)21(35-5)12-22(36-6)26(24)30/h7-12,14-15H,13H2,1-6H3,(H,31,34)(H,32,33). The number of aryl methyl sites for hydroxylation is 2. The molecule has 188 valence electrons. The summed E-state index contributed by atoms with van der Waals surface area (Å²) in [6.07, 6.45) is 1.83. The third-order valence-electron chi connectivity index (χ3n) is 5.96. The fourth-order valence-electron chi connectivity index (χ4n) is 4.03. The molecular weight excluding hydrogens is 495 g/mol. The number of hydrogen-bond acceptors (Lipinski definition) is 6. The molecule has 0 unspecified atom stereocenters. The quantitative estimate of drug-likeness (QED) is 0.243. The number of benzene rings is 2. The number of hydrogen-bond donors (Lipinski definition) is 2. The summed E-state index contributed by atoms with van der Waals surface area (Å²) in [6.45, 7) is 9.20. The molecule has 0 atom stereocenters. The normalized spacial score (nSPS) is 11.1. The van der Waals surface area contributed by atoms with E-state index >= 15 is 0 Å². The summed E-state index contributed by atoms with van der Waals surface area (Å²) < 4.78 is 10.9. The smallest absolute Gasteiger partial charge is 0.141 e. The second kappa shape index (κ2) is 10.8. The molecule has 0 aliphatic heterocycles. The first-order valence-electron chi connectivity index (χ1n) is 11.7. The summed E-state index contributed by atoms with van der Waals surface area (Å²) in [5.41, 5.74) is 4.49. The van der Waals surface area contributed by atoms with E-state index < -0.39 is 0 Å². The van der Waals surface area contributed by atoms with Crippen LogP contribution in [0.4, 0.5) is 17.3 Å². The van der Waals surface area contributed by atoms with E-state index in [-0.39, 0.29) is 0 Å². The zero-order valence-electron chi connectivity index (χ0n) is 21.3. The first-order valence-corrected chi connectivity index (χ1v) is 12.5. The van der Waals surface area contributed by atoms with Crippen molar-refractivity contribution >= 4 is 51.3 Å². The number of anilines is 3. The number of rotatable bonds is 8. The predicted molar refractivity (Wildman–Crippen MR) is 151 cm³/mol. The van der Waals surface area contributed by atoms with E-state index in [0.717, 1.165) is 45.8 Å². The molecule has 0 fully saturated rings. The molecule has 0 amide bonds. The lowest BCUT2D eigenvalue weighted by molar-refractivity contribution is 0.395. The van der Waals surface area contributed by atoms with Crippen molar-refractivity contribution in [3.05, 3.63) is 63.8 Å². The first kappa shape index (κ1) is 25.9. The number of aromatic nitrogens is 2. The minimum atomic E-state index is 0.367. The third kappa shape index (κ3) is 5.15. The predicted octanol–water partition coefficient (Wildman–Crippen LogP) is 8.05. The Morgan fingerprint density at radius 3 is 2.17 bits per heavy atom. The summed E-state index contributed by atoms with van der Waals surface area (Å²) in [4.78, 5) is 9.64. The lowest BCUT2D eigenvalue weighted by Crippen LogP contribution is -2.10. The second-order valence-electron chi connectivity index (χ2n) is 9.10. The van der Waals surface area contributed by atoms with Crippen molar-refractivity contribution in [3.8, 4) is 22.8 Å². The van der Waals surface area contributed by atoms with Crippen LogP contribution in [0.25, 0.3) is 22.0 Å². The molecule has 2 N–H and O–H groups in total. The topological polar surface area (TPSA) is 68.3 Å². The van der Waals surface area contributed by atoms with Crippen LogP contribution in [0.15, 0.2) is 42.6 Å². The van der Waals surface area contributed by atoms with Crippen LogP contribution in [0.5, 0.6) is 11.5 Å². The highest BCUT2D eigenvalue weighted by Crippen LogP contribution is 2.46. The molecule has 36 heavy (non-hydrogen) atoms. The van der Waals surface area contributed by atoms with Gasteiger partial charge in [-0.1, -0.05) is 55.2 Å². The Morgan fingerprint density at radius 1 is 0.944 bits per heavy atom. The molecule has 0 saturated carbocycles. The zero-order valence-corrected chi connectivity index (χ0v) is 22.8. The Bertz CT molecular complexity index is 1370. The number of halogens is 2. The van der Waals surface area contributed by atoms with Gasteiger partial charge in [0.25, 0.3) is 0 Å². The summed E-state index contributed by atoms with van der Waals surface area (Å²) in [7, 11) is 3.10. The number of pyridine rings is 2. The molecule has 0 aliphatic carbocycles. The van der Waals surface area contributed by atoms with Crippen molar-refractivity contribution in [1.29, 1.82) is 0 Å². The lowest BCUT2D eigenvalue weighted by Gasteiger charge is -2.18. The van der Waals surface area contributed by atoms with Crippen LogP contribution in [0.2, 0.25) is 10.0 Å². The monoisotopic (exact) mass is 524 g/mol. The average molecular weight is 525 g/mol. The van der Waals surface area contributed by atoms with Gasteiger partial charge >= 0.3 is 0 Å². The van der Waals surface area contributed by atoms with E-state index in [1.807, 2.05) is 24.4 Å². The minimum absolute atomic E-state index is 0.367. The Kier molecular flexibility index (Phi) is 7.76. The molecule has 0 spiro atoms. The first-order chi connectivity index (χ1) is 17.2. The van der Waals surface area contributed by atoms with Gasteiger partial charge in [0, 0.05) is 40.8 Å². The van der Waals surface area contributed by atoms with Gasteiger partial charge in [-0.15, -0.1) is 0 Å². The van der Waals surface area contributed by atoms with E-state index in [0.29, 0.717) is 38.7 Å². The average Bonchev–Trinajstić information content (AvgIpc) is 2.85. The van der Waals surface area contributed by atoms with Gasteiger partial charge in [-0.25, -0.2) is 9.97 Å². The highest BCUT2D eigenvalue weighted by atomic mass is 35.5. The molecular formula is C28H30Cl2N4O2. The molecule has 4 rings (SSSR count). The van der Waals surface area contributed by atoms with Gasteiger partial charge in [-0.3, -0.25) is 0 Å². The highest BCUT2D eigenvalue weighted by molar-refractivity contribution is 6.41. The fourth-order valence-corrected chi connectivity index (χ4v) is 4.72. The van der Waals surface area contributed by atoms with Crippen LogP contribution >= 0.6 is 23.2 Å². The van der Waals surface area contributed by atoms with E-state index in [2.05, 4.69) is 55.4 Å². The van der Waals surface area contributed by atoms with E-state index in [1.165, 1.54) is 0 Å². The van der Waals surface area contributed by atoms with Crippen molar-refractivity contribution in [2.24, 2.45) is 5.92 Å². The van der Waals surface area contributed by atoms with E-state index in [9.17, 15) is 0 Å². The fraction of sp³-hybridized carbons (Fsp3) is 0.286. The molecule has 0 radical (unpaired) electrons. The van der Waals surface area contributed by atoms with Crippen LogP contribution in [-0.4, -0.2) is 30.7 Å². The van der Waals surface area contributed by atoms with Crippen molar-refractivity contribution in [3.63, 3.8) is 0 Å². The SMILES string of the molecule is COc1cc(OC)c(Cl)c(-c2cc3cnc(Nc4c(C)cccc4C)cc3c(NCC(C)C)n2)c1Cl. The molecule has 2 heterocycles. The van der Waals surface area contributed by atoms with Gasteiger partial charge in [0.15, 0.2) is 0 Å². The number of para-hydroxylation sites is 1. The Labute approximate surface area is 222 Å². The van der Waals surface area contributed by atoms with Gasteiger partial charge < -0.3 is 20.1 Å². The Hall–Kier alpha value is -3.22. The molecule has 0 aliphatic rings. The number of fused-ring (bicyclic) bond motifs is 1. The summed E-state index contributed by atoms with van der Waals surface area (Å²) in [5, 5.41) is 9.53. The maximum Gasteiger partial charge on any atom is 0.141 e. The number of nitrogens with one attached hydrogen (secondary N) is 2. The summed E-state index contributed by atoms with van der Waals surface area (Å²) in [6, 6.07) is 11.8. The molecule has 8 heteroatoms. The van der Waals surface area contributed by atoms with E-state index in [4.69, 9.17) is 37.7 Å². The van der Waals surface area contributed by atoms with E-state index in [1.54, 1.807) is 20.3 Å². The van der Waals surface area contributed by atoms with Crippen LogP contribution in [0.3, 0.4) is 0 Å². The van der Waals surface area contributed by atoms with Crippen molar-refractivity contribution in [2.45, 2.75) is 27.7 Å². The Morgan fingerprint density at radius 2 is 1.58 bits per heavy atom. The van der Waals surface area contributed by atoms with Gasteiger partial charge in [0.05, 0.1) is 30.0 Å². The number of nitrogens with zero attached hydrogens (tertiary/aromatic N) is 2. The number of methoxy groups -OCH3 is 2. The van der Waals surface area contributed by atoms with Gasteiger partial charge in [0.1, 0.15) is 23.1 Å². The maximum absolute atomic E-state index is 6.70. The summed E-state index contributed by atoms with van der Waals surface area (Å²) in [5.74, 6) is 2.79. The van der Waals surface area contributed by atoms with Crippen LogP contribution in [0.1, 0.15) is 25.0 Å². The summed E-state index contributed by atoms with van der Waals surface area (Å²) >= 11 is 13.4. The van der Waals surface area contributed by atoms with Gasteiger partial charge in [-0.05, 0) is 43.0 Å². The molecule has 4 aromatic rings. The van der Waals surface area contributed by atoms with Gasteiger partial charge in [-0.2, -0.15) is 0 Å². The molecule has 0 bridgehead atoms. The number of ether oxygens (including phenoxy) is 2. The molecule has 0 saturated heterocycles. The lowest BCUT2D eigenvalue weighted by atomic mass is 10.1. The minimum Gasteiger partial charge on any atom is -0.495 e. The van der Waals surface area contributed by atoms with Crippen LogP contribution < -0.4 is 20.1 Å². The van der Waals surface area contributed by atoms with Gasteiger partial charge in [0.2, 0.25) is 0 Å². The maximum atomic E-state index is 6.70. The molecule has 6 nitrogen and oxygen atoms in total. The largest absolute Gasteiger partial charge is 0.495 e. The molecule has 2 aromatic carbocycles.